The fourth-order valence-corrected chi connectivity index (χ4v) is 6.30. The Kier molecular flexibility index (Phi) is 5.97. The summed E-state index contributed by atoms with van der Waals surface area (Å²) in [6.07, 6.45) is 4.02. The van der Waals surface area contributed by atoms with E-state index in [1.54, 1.807) is 4.90 Å². The average Bonchev–Trinajstić information content (AvgIpc) is 3.22. The molecule has 3 fully saturated rings. The number of benzene rings is 2. The number of nitrogens with one attached hydrogen (secondary N) is 1. The maximum absolute atomic E-state index is 13.0. The quantitative estimate of drug-likeness (QED) is 0.638. The van der Waals surface area contributed by atoms with Gasteiger partial charge < -0.3 is 14.7 Å². The van der Waals surface area contributed by atoms with Gasteiger partial charge in [0, 0.05) is 62.2 Å². The standard InChI is InChI=1S/C29H32N4O4/c34-25-10-9-24(27(36)30-25)33-17-21-16-22(7-8-23(21)28(33)37)32-18-29(19-32)12-14-31(15-13-29)26(35)11-6-20-4-2-1-3-5-20/h1-5,7-8,16,24H,6,9-15,17-19H2,(H,30,34,36). The van der Waals surface area contributed by atoms with E-state index in [9.17, 15) is 19.2 Å². The zero-order valence-corrected chi connectivity index (χ0v) is 20.9. The maximum Gasteiger partial charge on any atom is 0.255 e. The highest BCUT2D eigenvalue weighted by Gasteiger charge is 2.46. The molecule has 8 nitrogen and oxygen atoms in total. The molecule has 4 heterocycles. The first-order valence-electron chi connectivity index (χ1n) is 13.3. The van der Waals surface area contributed by atoms with Crippen molar-refractivity contribution in [3.8, 4) is 0 Å². The number of aryl methyl sites for hydroxylation is 1. The van der Waals surface area contributed by atoms with Gasteiger partial charge in [-0.2, -0.15) is 0 Å². The van der Waals surface area contributed by atoms with Crippen LogP contribution < -0.4 is 10.2 Å². The van der Waals surface area contributed by atoms with E-state index in [1.165, 1.54) is 5.56 Å². The number of carbonyl (C=O) groups excluding carboxylic acids is 4. The summed E-state index contributed by atoms with van der Waals surface area (Å²) in [5.74, 6) is -0.548. The third kappa shape index (κ3) is 4.49. The molecule has 2 aromatic rings. The monoisotopic (exact) mass is 500 g/mol. The van der Waals surface area contributed by atoms with E-state index in [0.717, 1.165) is 56.7 Å². The highest BCUT2D eigenvalue weighted by molar-refractivity contribution is 6.05. The van der Waals surface area contributed by atoms with Crippen LogP contribution in [0.1, 0.15) is 53.6 Å². The summed E-state index contributed by atoms with van der Waals surface area (Å²) in [5.41, 5.74) is 4.14. The van der Waals surface area contributed by atoms with Crippen LogP contribution in [-0.2, 0) is 27.3 Å². The topological polar surface area (TPSA) is 90.0 Å². The first-order valence-corrected chi connectivity index (χ1v) is 13.3. The second kappa shape index (κ2) is 9.32. The number of carbonyl (C=O) groups is 4. The van der Waals surface area contributed by atoms with Gasteiger partial charge >= 0.3 is 0 Å². The lowest BCUT2D eigenvalue weighted by molar-refractivity contribution is -0.137. The highest BCUT2D eigenvalue weighted by atomic mass is 16.2. The van der Waals surface area contributed by atoms with Crippen molar-refractivity contribution in [3.63, 3.8) is 0 Å². The number of nitrogens with zero attached hydrogens (tertiary/aromatic N) is 3. The van der Waals surface area contributed by atoms with E-state index >= 15 is 0 Å². The van der Waals surface area contributed by atoms with Crippen molar-refractivity contribution in [2.45, 2.75) is 51.1 Å². The largest absolute Gasteiger partial charge is 0.370 e. The van der Waals surface area contributed by atoms with Gasteiger partial charge in [-0.15, -0.1) is 0 Å². The number of rotatable bonds is 5. The van der Waals surface area contributed by atoms with Crippen LogP contribution in [-0.4, -0.2) is 65.6 Å². The first kappa shape index (κ1) is 23.7. The molecule has 6 rings (SSSR count). The number of likely N-dealkylation sites (tertiary alicyclic amines) is 1. The minimum Gasteiger partial charge on any atom is -0.370 e. The Balaban J connectivity index is 1.02. The van der Waals surface area contributed by atoms with Crippen molar-refractivity contribution in [2.75, 3.05) is 31.1 Å². The minimum absolute atomic E-state index is 0.138. The first-order chi connectivity index (χ1) is 17.9. The van der Waals surface area contributed by atoms with Gasteiger partial charge in [0.25, 0.3) is 5.91 Å². The van der Waals surface area contributed by atoms with Crippen molar-refractivity contribution in [1.82, 2.24) is 15.1 Å². The molecule has 0 saturated carbocycles. The Morgan fingerprint density at radius 2 is 1.76 bits per heavy atom. The zero-order valence-electron chi connectivity index (χ0n) is 20.9. The van der Waals surface area contributed by atoms with Crippen molar-refractivity contribution in [1.29, 1.82) is 0 Å². The van der Waals surface area contributed by atoms with E-state index in [-0.39, 0.29) is 35.5 Å². The normalized spacial score (nSPS) is 22.6. The molecule has 8 heteroatoms. The molecule has 3 saturated heterocycles. The summed E-state index contributed by atoms with van der Waals surface area (Å²) >= 11 is 0. The van der Waals surface area contributed by atoms with Crippen LogP contribution in [0.2, 0.25) is 0 Å². The van der Waals surface area contributed by atoms with Crippen LogP contribution in [0, 0.1) is 5.41 Å². The van der Waals surface area contributed by atoms with E-state index in [0.29, 0.717) is 24.9 Å². The Labute approximate surface area is 216 Å². The van der Waals surface area contributed by atoms with Crippen LogP contribution >= 0.6 is 0 Å². The van der Waals surface area contributed by atoms with Crippen LogP contribution in [0.5, 0.6) is 0 Å². The van der Waals surface area contributed by atoms with Crippen LogP contribution in [0.4, 0.5) is 5.69 Å². The second-order valence-corrected chi connectivity index (χ2v) is 11.0. The molecule has 2 aromatic carbocycles. The molecule has 1 spiro atoms. The highest BCUT2D eigenvalue weighted by Crippen LogP contribution is 2.43. The molecule has 1 atom stereocenters. The smallest absolute Gasteiger partial charge is 0.255 e. The molecule has 0 radical (unpaired) electrons. The molecular weight excluding hydrogens is 468 g/mol. The van der Waals surface area contributed by atoms with Gasteiger partial charge in [-0.25, -0.2) is 0 Å². The number of imide groups is 1. The molecule has 4 aliphatic heterocycles. The lowest BCUT2D eigenvalue weighted by Gasteiger charge is -2.55. The van der Waals surface area contributed by atoms with Crippen LogP contribution in [0.3, 0.4) is 0 Å². The Bertz CT molecular complexity index is 1240. The lowest BCUT2D eigenvalue weighted by atomic mass is 9.71. The van der Waals surface area contributed by atoms with Crippen molar-refractivity contribution >= 4 is 29.3 Å². The summed E-state index contributed by atoms with van der Waals surface area (Å²) in [6, 6.07) is 15.5. The third-order valence-corrected chi connectivity index (χ3v) is 8.57. The van der Waals surface area contributed by atoms with E-state index < -0.39 is 6.04 Å². The zero-order chi connectivity index (χ0) is 25.6. The Morgan fingerprint density at radius 3 is 2.49 bits per heavy atom. The van der Waals surface area contributed by atoms with Crippen LogP contribution in [0.25, 0.3) is 0 Å². The summed E-state index contributed by atoms with van der Waals surface area (Å²) in [4.78, 5) is 55.5. The molecule has 1 unspecified atom stereocenters. The van der Waals surface area contributed by atoms with Crippen LogP contribution in [0.15, 0.2) is 48.5 Å². The molecule has 0 bridgehead atoms. The number of fused-ring (bicyclic) bond motifs is 1. The fraction of sp³-hybridized carbons (Fsp3) is 0.448. The third-order valence-electron chi connectivity index (χ3n) is 8.57. The van der Waals surface area contributed by atoms with Gasteiger partial charge in [0.05, 0.1) is 0 Å². The van der Waals surface area contributed by atoms with Gasteiger partial charge in [0.15, 0.2) is 0 Å². The predicted octanol–water partition coefficient (Wildman–Crippen LogP) is 2.51. The maximum atomic E-state index is 13.0. The number of anilines is 1. The minimum atomic E-state index is -0.589. The van der Waals surface area contributed by atoms with E-state index in [1.807, 2.05) is 35.2 Å². The van der Waals surface area contributed by atoms with Gasteiger partial charge in [-0.05, 0) is 55.0 Å². The molecule has 0 aliphatic carbocycles. The molecule has 192 valence electrons. The lowest BCUT2D eigenvalue weighted by Crippen LogP contribution is -2.61. The molecule has 4 aliphatic rings. The summed E-state index contributed by atoms with van der Waals surface area (Å²) in [7, 11) is 0. The van der Waals surface area contributed by atoms with Gasteiger partial charge in [-0.3, -0.25) is 24.5 Å². The van der Waals surface area contributed by atoms with E-state index in [2.05, 4.69) is 28.4 Å². The molecule has 0 aromatic heterocycles. The van der Waals surface area contributed by atoms with Gasteiger partial charge in [-0.1, -0.05) is 30.3 Å². The van der Waals surface area contributed by atoms with Crippen molar-refractivity contribution in [3.05, 3.63) is 65.2 Å². The molecule has 37 heavy (non-hydrogen) atoms. The number of hydrogen-bond acceptors (Lipinski definition) is 5. The van der Waals surface area contributed by atoms with Crippen molar-refractivity contribution < 1.29 is 19.2 Å². The van der Waals surface area contributed by atoms with E-state index in [4.69, 9.17) is 0 Å². The molecular formula is C29H32N4O4. The summed E-state index contributed by atoms with van der Waals surface area (Å²) < 4.78 is 0. The van der Waals surface area contributed by atoms with Gasteiger partial charge in [0.2, 0.25) is 17.7 Å². The fourth-order valence-electron chi connectivity index (χ4n) is 6.30. The summed E-state index contributed by atoms with van der Waals surface area (Å²) in [6.45, 7) is 3.96. The average molecular weight is 501 g/mol. The predicted molar refractivity (Wildman–Crippen MR) is 138 cm³/mol. The Morgan fingerprint density at radius 1 is 1.00 bits per heavy atom. The second-order valence-electron chi connectivity index (χ2n) is 11.0. The Hall–Kier alpha value is -3.68. The van der Waals surface area contributed by atoms with Gasteiger partial charge in [0.1, 0.15) is 6.04 Å². The molecule has 4 amide bonds. The van der Waals surface area contributed by atoms with Crippen molar-refractivity contribution in [2.24, 2.45) is 5.41 Å². The molecule has 1 N–H and O–H groups in total. The number of amides is 4. The SMILES string of the molecule is O=C1CCC(N2Cc3cc(N4CC5(CCN(C(=O)CCc6ccccc6)CC5)C4)ccc3C2=O)C(=O)N1. The summed E-state index contributed by atoms with van der Waals surface area (Å²) in [5, 5.41) is 2.35. The number of hydrogen-bond donors (Lipinski definition) is 1. The number of piperidine rings is 2.